The van der Waals surface area contributed by atoms with E-state index in [4.69, 9.17) is 10.5 Å². The largest absolute Gasteiger partial charge is 0.496 e. The third-order valence-corrected chi connectivity index (χ3v) is 3.70. The highest BCUT2D eigenvalue weighted by Crippen LogP contribution is 2.40. The summed E-state index contributed by atoms with van der Waals surface area (Å²) in [6.45, 7) is 6.54. The highest BCUT2D eigenvalue weighted by atomic mass is 16.5. The van der Waals surface area contributed by atoms with Crippen molar-refractivity contribution in [1.82, 2.24) is 0 Å². The van der Waals surface area contributed by atoms with E-state index in [2.05, 4.69) is 32.9 Å². The van der Waals surface area contributed by atoms with Gasteiger partial charge in [-0.3, -0.25) is 0 Å². The molecule has 0 aliphatic heterocycles. The molecule has 2 heteroatoms. The fourth-order valence-electron chi connectivity index (χ4n) is 2.52. The Morgan fingerprint density at radius 3 is 2.47 bits per heavy atom. The topological polar surface area (TPSA) is 35.2 Å². The highest BCUT2D eigenvalue weighted by molar-refractivity contribution is 5.48. The van der Waals surface area contributed by atoms with E-state index in [0.717, 1.165) is 25.0 Å². The van der Waals surface area contributed by atoms with Crippen molar-refractivity contribution in [2.75, 3.05) is 7.11 Å². The lowest BCUT2D eigenvalue weighted by atomic mass is 9.90. The molecular weight excluding hydrogens is 210 g/mol. The van der Waals surface area contributed by atoms with Gasteiger partial charge in [-0.15, -0.1) is 0 Å². The molecule has 1 aromatic rings. The van der Waals surface area contributed by atoms with E-state index in [1.54, 1.807) is 7.11 Å². The lowest BCUT2D eigenvalue weighted by Crippen LogP contribution is -2.25. The Kier molecular flexibility index (Phi) is 3.17. The Hall–Kier alpha value is -1.02. The van der Waals surface area contributed by atoms with Crippen molar-refractivity contribution in [3.05, 3.63) is 28.8 Å². The predicted octanol–water partition coefficient (Wildman–Crippen LogP) is 3.16. The summed E-state index contributed by atoms with van der Waals surface area (Å²) in [5.74, 6) is 1.52. The molecule has 0 spiro atoms. The molecule has 17 heavy (non-hydrogen) atoms. The van der Waals surface area contributed by atoms with Crippen LogP contribution in [0.5, 0.6) is 5.75 Å². The minimum Gasteiger partial charge on any atom is -0.496 e. The number of hydrogen-bond donors (Lipinski definition) is 1. The Labute approximate surface area is 104 Å². The predicted molar refractivity (Wildman–Crippen MR) is 71.7 cm³/mol. The van der Waals surface area contributed by atoms with Crippen LogP contribution in [0.15, 0.2) is 12.1 Å². The zero-order chi connectivity index (χ0) is 12.6. The van der Waals surface area contributed by atoms with Crippen LogP contribution in [-0.4, -0.2) is 12.6 Å². The summed E-state index contributed by atoms with van der Waals surface area (Å²) >= 11 is 0. The normalized spacial score (nSPS) is 17.3. The molecule has 0 unspecified atom stereocenters. The van der Waals surface area contributed by atoms with Gasteiger partial charge in [-0.05, 0) is 43.2 Å². The van der Waals surface area contributed by atoms with E-state index in [-0.39, 0.29) is 5.54 Å². The van der Waals surface area contributed by atoms with Gasteiger partial charge in [-0.1, -0.05) is 26.0 Å². The second-order valence-corrected chi connectivity index (χ2v) is 5.68. The molecule has 1 aliphatic rings. The summed E-state index contributed by atoms with van der Waals surface area (Å²) in [7, 11) is 1.76. The van der Waals surface area contributed by atoms with Crippen molar-refractivity contribution in [2.45, 2.75) is 51.5 Å². The van der Waals surface area contributed by atoms with Crippen LogP contribution in [-0.2, 0) is 6.42 Å². The first-order valence-electron chi connectivity index (χ1n) is 6.42. The molecule has 0 aromatic heterocycles. The molecule has 1 aromatic carbocycles. The van der Waals surface area contributed by atoms with Gasteiger partial charge in [0.15, 0.2) is 0 Å². The first kappa shape index (κ1) is 12.4. The average Bonchev–Trinajstić information content (AvgIpc) is 2.98. The fraction of sp³-hybridized carbons (Fsp3) is 0.600. The second kappa shape index (κ2) is 4.34. The van der Waals surface area contributed by atoms with Crippen LogP contribution >= 0.6 is 0 Å². The zero-order valence-electron chi connectivity index (χ0n) is 11.3. The van der Waals surface area contributed by atoms with E-state index in [0.29, 0.717) is 5.92 Å². The summed E-state index contributed by atoms with van der Waals surface area (Å²) in [6, 6.07) is 4.37. The Morgan fingerprint density at radius 1 is 1.35 bits per heavy atom. The molecule has 0 saturated heterocycles. The number of methoxy groups -OCH3 is 1. The lowest BCUT2D eigenvalue weighted by molar-refractivity contribution is 0.403. The number of rotatable bonds is 4. The van der Waals surface area contributed by atoms with E-state index in [9.17, 15) is 0 Å². The average molecular weight is 233 g/mol. The van der Waals surface area contributed by atoms with E-state index < -0.39 is 0 Å². The van der Waals surface area contributed by atoms with Crippen LogP contribution in [0.4, 0.5) is 0 Å². The smallest absolute Gasteiger partial charge is 0.125 e. The van der Waals surface area contributed by atoms with E-state index in [1.807, 2.05) is 0 Å². The van der Waals surface area contributed by atoms with Gasteiger partial charge in [0.05, 0.1) is 7.11 Å². The van der Waals surface area contributed by atoms with Crippen molar-refractivity contribution in [3.63, 3.8) is 0 Å². The van der Waals surface area contributed by atoms with Crippen LogP contribution in [0.2, 0.25) is 0 Å². The molecule has 0 amide bonds. The van der Waals surface area contributed by atoms with Crippen LogP contribution in [0.25, 0.3) is 0 Å². The molecular formula is C15H23NO. The molecule has 0 atom stereocenters. The Bertz CT molecular complexity index is 419. The van der Waals surface area contributed by atoms with Crippen molar-refractivity contribution in [3.8, 4) is 5.75 Å². The summed E-state index contributed by atoms with van der Waals surface area (Å²) in [5, 5.41) is 0. The molecule has 94 valence electrons. The standard InChI is InChI=1S/C15H23NO/c1-10(2)13-12(9-15(16)7-8-15)6-5-11(3)14(13)17-4/h5-6,10H,7-9,16H2,1-4H3. The second-order valence-electron chi connectivity index (χ2n) is 5.68. The van der Waals surface area contributed by atoms with Crippen molar-refractivity contribution in [1.29, 1.82) is 0 Å². The molecule has 2 nitrogen and oxygen atoms in total. The maximum Gasteiger partial charge on any atom is 0.125 e. The van der Waals surface area contributed by atoms with E-state index in [1.165, 1.54) is 16.7 Å². The monoisotopic (exact) mass is 233 g/mol. The number of benzene rings is 1. The van der Waals surface area contributed by atoms with Gasteiger partial charge >= 0.3 is 0 Å². The number of nitrogens with two attached hydrogens (primary N) is 1. The molecule has 2 N–H and O–H groups in total. The van der Waals surface area contributed by atoms with Gasteiger partial charge in [0, 0.05) is 11.1 Å². The van der Waals surface area contributed by atoms with Crippen molar-refractivity contribution < 1.29 is 4.74 Å². The van der Waals surface area contributed by atoms with E-state index >= 15 is 0 Å². The molecule has 0 bridgehead atoms. The van der Waals surface area contributed by atoms with Crippen LogP contribution < -0.4 is 10.5 Å². The first-order valence-corrected chi connectivity index (χ1v) is 6.42. The Morgan fingerprint density at radius 2 is 2.00 bits per heavy atom. The molecule has 1 aliphatic carbocycles. The lowest BCUT2D eigenvalue weighted by Gasteiger charge is -2.20. The fourth-order valence-corrected chi connectivity index (χ4v) is 2.52. The molecule has 1 fully saturated rings. The quantitative estimate of drug-likeness (QED) is 0.867. The Balaban J connectivity index is 2.43. The van der Waals surface area contributed by atoms with Crippen molar-refractivity contribution >= 4 is 0 Å². The van der Waals surface area contributed by atoms with Crippen LogP contribution in [0, 0.1) is 6.92 Å². The van der Waals surface area contributed by atoms with Crippen LogP contribution in [0.1, 0.15) is 49.3 Å². The number of hydrogen-bond acceptors (Lipinski definition) is 2. The first-order chi connectivity index (χ1) is 7.97. The van der Waals surface area contributed by atoms with Gasteiger partial charge < -0.3 is 10.5 Å². The maximum absolute atomic E-state index is 6.24. The highest BCUT2D eigenvalue weighted by Gasteiger charge is 2.38. The molecule has 0 heterocycles. The molecule has 2 rings (SSSR count). The van der Waals surface area contributed by atoms with Gasteiger partial charge in [0.2, 0.25) is 0 Å². The summed E-state index contributed by atoms with van der Waals surface area (Å²) in [4.78, 5) is 0. The minimum atomic E-state index is 0.0594. The van der Waals surface area contributed by atoms with Gasteiger partial charge in [0.25, 0.3) is 0 Å². The zero-order valence-corrected chi connectivity index (χ0v) is 11.3. The summed E-state index contributed by atoms with van der Waals surface area (Å²) in [6.07, 6.45) is 3.29. The maximum atomic E-state index is 6.24. The van der Waals surface area contributed by atoms with Gasteiger partial charge in [-0.25, -0.2) is 0 Å². The number of aryl methyl sites for hydroxylation is 1. The summed E-state index contributed by atoms with van der Waals surface area (Å²) < 4.78 is 5.57. The summed E-state index contributed by atoms with van der Waals surface area (Å²) in [5.41, 5.74) is 10.2. The van der Waals surface area contributed by atoms with Gasteiger partial charge in [-0.2, -0.15) is 0 Å². The SMILES string of the molecule is COc1c(C)ccc(CC2(N)CC2)c1C(C)C. The molecule has 0 radical (unpaired) electrons. The third kappa shape index (κ3) is 2.47. The third-order valence-electron chi connectivity index (χ3n) is 3.70. The number of ether oxygens (including phenoxy) is 1. The van der Waals surface area contributed by atoms with Crippen molar-refractivity contribution in [2.24, 2.45) is 5.73 Å². The van der Waals surface area contributed by atoms with Gasteiger partial charge in [0.1, 0.15) is 5.75 Å². The van der Waals surface area contributed by atoms with Crippen LogP contribution in [0.3, 0.4) is 0 Å². The minimum absolute atomic E-state index is 0.0594. The molecule has 1 saturated carbocycles.